The number of likely N-dealkylation sites (tertiary alicyclic amines) is 1. The van der Waals surface area contributed by atoms with Crippen molar-refractivity contribution in [1.29, 1.82) is 0 Å². The molecule has 0 aromatic heterocycles. The second-order valence-corrected chi connectivity index (χ2v) is 5.92. The van der Waals surface area contributed by atoms with E-state index in [1.807, 2.05) is 0 Å². The standard InChI is InChI=1S/C16H23N3O/c20-16-7-6-14(18-16)10-17-15-8-9-19(12-15)11-13-4-2-1-3-5-13/h1-5,14-15,17H,6-12H2,(H,18,20). The Kier molecular flexibility index (Phi) is 4.33. The normalized spacial score (nSPS) is 26.9. The number of nitrogens with zero attached hydrogens (tertiary/aromatic N) is 1. The van der Waals surface area contributed by atoms with Gasteiger partial charge in [0.15, 0.2) is 0 Å². The Hall–Kier alpha value is -1.39. The van der Waals surface area contributed by atoms with Gasteiger partial charge >= 0.3 is 0 Å². The van der Waals surface area contributed by atoms with Crippen LogP contribution in [0.3, 0.4) is 0 Å². The number of hydrogen-bond donors (Lipinski definition) is 2. The van der Waals surface area contributed by atoms with E-state index in [9.17, 15) is 4.79 Å². The van der Waals surface area contributed by atoms with Gasteiger partial charge in [-0.2, -0.15) is 0 Å². The molecule has 1 aromatic carbocycles. The molecule has 1 amide bonds. The predicted octanol–water partition coefficient (Wildman–Crippen LogP) is 1.13. The zero-order valence-electron chi connectivity index (χ0n) is 11.8. The lowest BCUT2D eigenvalue weighted by atomic mass is 10.2. The van der Waals surface area contributed by atoms with Crippen LogP contribution in [0.15, 0.2) is 30.3 Å². The molecule has 2 N–H and O–H groups in total. The number of hydrogen-bond acceptors (Lipinski definition) is 3. The largest absolute Gasteiger partial charge is 0.352 e. The lowest BCUT2D eigenvalue weighted by molar-refractivity contribution is -0.119. The quantitative estimate of drug-likeness (QED) is 0.845. The Bertz CT molecular complexity index is 448. The van der Waals surface area contributed by atoms with Crippen molar-refractivity contribution in [2.45, 2.75) is 37.9 Å². The molecule has 3 rings (SSSR count). The smallest absolute Gasteiger partial charge is 0.220 e. The van der Waals surface area contributed by atoms with Crippen LogP contribution in [-0.2, 0) is 11.3 Å². The van der Waals surface area contributed by atoms with Crippen molar-refractivity contribution in [1.82, 2.24) is 15.5 Å². The topological polar surface area (TPSA) is 44.4 Å². The zero-order valence-corrected chi connectivity index (χ0v) is 11.8. The van der Waals surface area contributed by atoms with Gasteiger partial charge in [0, 0.05) is 44.7 Å². The van der Waals surface area contributed by atoms with Crippen molar-refractivity contribution in [2.75, 3.05) is 19.6 Å². The van der Waals surface area contributed by atoms with E-state index in [4.69, 9.17) is 0 Å². The van der Waals surface area contributed by atoms with Gasteiger partial charge < -0.3 is 10.6 Å². The van der Waals surface area contributed by atoms with Gasteiger partial charge in [-0.3, -0.25) is 9.69 Å². The molecule has 20 heavy (non-hydrogen) atoms. The molecule has 0 aliphatic carbocycles. The lowest BCUT2D eigenvalue weighted by Gasteiger charge is -2.18. The summed E-state index contributed by atoms with van der Waals surface area (Å²) >= 11 is 0. The maximum absolute atomic E-state index is 11.2. The molecule has 4 nitrogen and oxygen atoms in total. The van der Waals surface area contributed by atoms with Crippen LogP contribution in [-0.4, -0.2) is 42.5 Å². The minimum Gasteiger partial charge on any atom is -0.352 e. The molecule has 108 valence electrons. The van der Waals surface area contributed by atoms with Gasteiger partial charge in [0.05, 0.1) is 0 Å². The van der Waals surface area contributed by atoms with E-state index in [-0.39, 0.29) is 5.91 Å². The summed E-state index contributed by atoms with van der Waals surface area (Å²) in [5.74, 6) is 0.203. The summed E-state index contributed by atoms with van der Waals surface area (Å²) in [6.07, 6.45) is 2.87. The molecule has 2 atom stereocenters. The minimum atomic E-state index is 0.203. The monoisotopic (exact) mass is 273 g/mol. The van der Waals surface area contributed by atoms with Gasteiger partial charge in [0.25, 0.3) is 0 Å². The Labute approximate surface area is 120 Å². The molecule has 0 bridgehead atoms. The molecule has 0 saturated carbocycles. The molecule has 1 aromatic rings. The first-order valence-corrected chi connectivity index (χ1v) is 7.58. The molecule has 2 aliphatic rings. The number of nitrogens with one attached hydrogen (secondary N) is 2. The maximum Gasteiger partial charge on any atom is 0.220 e. The van der Waals surface area contributed by atoms with Crippen LogP contribution in [0, 0.1) is 0 Å². The summed E-state index contributed by atoms with van der Waals surface area (Å²) in [7, 11) is 0. The molecule has 0 radical (unpaired) electrons. The van der Waals surface area contributed by atoms with Crippen molar-refractivity contribution in [2.24, 2.45) is 0 Å². The van der Waals surface area contributed by atoms with Gasteiger partial charge in [-0.25, -0.2) is 0 Å². The highest BCUT2D eigenvalue weighted by molar-refractivity contribution is 5.78. The Morgan fingerprint density at radius 2 is 2.10 bits per heavy atom. The van der Waals surface area contributed by atoms with Crippen LogP contribution in [0.25, 0.3) is 0 Å². The number of rotatable bonds is 5. The summed E-state index contributed by atoms with van der Waals surface area (Å²) in [4.78, 5) is 13.7. The molecule has 0 spiro atoms. The minimum absolute atomic E-state index is 0.203. The summed E-state index contributed by atoms with van der Waals surface area (Å²) in [6.45, 7) is 4.22. The Morgan fingerprint density at radius 1 is 1.25 bits per heavy atom. The van der Waals surface area contributed by atoms with Crippen LogP contribution in [0.4, 0.5) is 0 Å². The number of benzene rings is 1. The molecule has 2 saturated heterocycles. The number of carbonyl (C=O) groups excluding carboxylic acids is 1. The third-order valence-electron chi connectivity index (χ3n) is 4.26. The van der Waals surface area contributed by atoms with Gasteiger partial charge in [-0.05, 0) is 18.4 Å². The van der Waals surface area contributed by atoms with Crippen LogP contribution in [0.2, 0.25) is 0 Å². The van der Waals surface area contributed by atoms with Crippen molar-refractivity contribution in [3.63, 3.8) is 0 Å². The summed E-state index contributed by atoms with van der Waals surface area (Å²) in [5, 5.41) is 6.62. The second kappa shape index (κ2) is 6.37. The lowest BCUT2D eigenvalue weighted by Crippen LogP contribution is -2.41. The highest BCUT2D eigenvalue weighted by Crippen LogP contribution is 2.14. The Morgan fingerprint density at radius 3 is 2.85 bits per heavy atom. The average Bonchev–Trinajstić information content (AvgIpc) is 3.07. The fourth-order valence-electron chi connectivity index (χ4n) is 3.12. The molecular weight excluding hydrogens is 250 g/mol. The molecule has 2 heterocycles. The van der Waals surface area contributed by atoms with E-state index in [1.165, 1.54) is 12.0 Å². The van der Waals surface area contributed by atoms with E-state index in [2.05, 4.69) is 45.9 Å². The third kappa shape index (κ3) is 3.58. The number of carbonyl (C=O) groups is 1. The predicted molar refractivity (Wildman–Crippen MR) is 79.3 cm³/mol. The fraction of sp³-hybridized carbons (Fsp3) is 0.562. The first-order chi connectivity index (χ1) is 9.79. The van der Waals surface area contributed by atoms with E-state index in [0.717, 1.165) is 32.6 Å². The summed E-state index contributed by atoms with van der Waals surface area (Å²) in [6, 6.07) is 11.5. The van der Waals surface area contributed by atoms with E-state index in [0.29, 0.717) is 18.5 Å². The summed E-state index contributed by atoms with van der Waals surface area (Å²) < 4.78 is 0. The van der Waals surface area contributed by atoms with Gasteiger partial charge in [-0.1, -0.05) is 30.3 Å². The van der Waals surface area contributed by atoms with Gasteiger partial charge in [0.2, 0.25) is 5.91 Å². The van der Waals surface area contributed by atoms with E-state index in [1.54, 1.807) is 0 Å². The van der Waals surface area contributed by atoms with Crippen molar-refractivity contribution < 1.29 is 4.79 Å². The van der Waals surface area contributed by atoms with Crippen LogP contribution in [0.5, 0.6) is 0 Å². The van der Waals surface area contributed by atoms with Crippen molar-refractivity contribution in [3.8, 4) is 0 Å². The molecular formula is C16H23N3O. The first kappa shape index (κ1) is 13.6. The van der Waals surface area contributed by atoms with Gasteiger partial charge in [0.1, 0.15) is 0 Å². The highest BCUT2D eigenvalue weighted by atomic mass is 16.1. The molecule has 2 aliphatic heterocycles. The summed E-state index contributed by atoms with van der Waals surface area (Å²) in [5.41, 5.74) is 1.39. The van der Waals surface area contributed by atoms with Crippen LogP contribution < -0.4 is 10.6 Å². The zero-order chi connectivity index (χ0) is 13.8. The fourth-order valence-corrected chi connectivity index (χ4v) is 3.12. The van der Waals surface area contributed by atoms with E-state index >= 15 is 0 Å². The SMILES string of the molecule is O=C1CCC(CNC2CCN(Cc3ccccc3)C2)N1. The van der Waals surface area contributed by atoms with Crippen molar-refractivity contribution >= 4 is 5.91 Å². The first-order valence-electron chi connectivity index (χ1n) is 7.58. The molecule has 4 heteroatoms. The third-order valence-corrected chi connectivity index (χ3v) is 4.26. The van der Waals surface area contributed by atoms with Crippen molar-refractivity contribution in [3.05, 3.63) is 35.9 Å². The molecule has 2 unspecified atom stereocenters. The van der Waals surface area contributed by atoms with Gasteiger partial charge in [-0.15, -0.1) is 0 Å². The molecule has 2 fully saturated rings. The number of amides is 1. The second-order valence-electron chi connectivity index (χ2n) is 5.92. The maximum atomic E-state index is 11.2. The Balaban J connectivity index is 1.40. The highest BCUT2D eigenvalue weighted by Gasteiger charge is 2.25. The van der Waals surface area contributed by atoms with E-state index < -0.39 is 0 Å². The van der Waals surface area contributed by atoms with Crippen LogP contribution in [0.1, 0.15) is 24.8 Å². The van der Waals surface area contributed by atoms with Crippen LogP contribution >= 0.6 is 0 Å². The average molecular weight is 273 g/mol.